The minimum atomic E-state index is -0.747. The molecule has 2 aliphatic rings. The van der Waals surface area contributed by atoms with Crippen LogP contribution >= 0.6 is 0 Å². The first-order valence-electron chi connectivity index (χ1n) is 5.57. The quantitative estimate of drug-likeness (QED) is 0.658. The van der Waals surface area contributed by atoms with E-state index in [0.29, 0.717) is 18.4 Å². The number of hydrogen-bond donors (Lipinski definition) is 3. The Kier molecular flexibility index (Phi) is 2.11. The van der Waals surface area contributed by atoms with Gasteiger partial charge in [0.05, 0.1) is 0 Å². The first-order valence-corrected chi connectivity index (χ1v) is 5.57. The maximum absolute atomic E-state index is 11.0. The molecule has 0 aliphatic carbocycles. The fraction of sp³-hybridized carbons (Fsp3) is 0.417. The molecule has 2 heterocycles. The second kappa shape index (κ2) is 3.49. The predicted molar refractivity (Wildman–Crippen MR) is 60.6 cm³/mol. The van der Waals surface area contributed by atoms with Gasteiger partial charge in [-0.15, -0.1) is 0 Å². The zero-order valence-corrected chi connectivity index (χ0v) is 8.81. The van der Waals surface area contributed by atoms with Crippen molar-refractivity contribution in [2.75, 3.05) is 11.9 Å². The number of para-hydroxylation sites is 1. The van der Waals surface area contributed by atoms with Gasteiger partial charge in [-0.25, -0.2) is 0 Å². The second-order valence-electron chi connectivity index (χ2n) is 4.48. The van der Waals surface area contributed by atoms with E-state index in [1.54, 1.807) is 0 Å². The van der Waals surface area contributed by atoms with E-state index >= 15 is 0 Å². The molecule has 84 valence electrons. The van der Waals surface area contributed by atoms with E-state index in [0.717, 1.165) is 12.2 Å². The Morgan fingerprint density at radius 2 is 2.19 bits per heavy atom. The van der Waals surface area contributed by atoms with Crippen LogP contribution in [0.3, 0.4) is 0 Å². The molecule has 0 bridgehead atoms. The maximum atomic E-state index is 11.0. The summed E-state index contributed by atoms with van der Waals surface area (Å²) >= 11 is 0. The summed E-state index contributed by atoms with van der Waals surface area (Å²) in [5.74, 6) is -0.415. The first kappa shape index (κ1) is 9.66. The number of piperidine rings is 1. The van der Waals surface area contributed by atoms with Crippen LogP contribution in [0.4, 0.5) is 5.69 Å². The zero-order valence-electron chi connectivity index (χ0n) is 8.81. The van der Waals surface area contributed by atoms with Crippen molar-refractivity contribution in [2.24, 2.45) is 0 Å². The number of anilines is 1. The molecule has 1 saturated heterocycles. The third-order valence-electron chi connectivity index (χ3n) is 3.56. The van der Waals surface area contributed by atoms with Crippen molar-refractivity contribution in [1.29, 1.82) is 0 Å². The SMILES string of the molecule is O=C(O)[C@@H]1C[C@@H]2c3ccccc3N[C@@H]2CN1. The Bertz CT molecular complexity index is 433. The van der Waals surface area contributed by atoms with Gasteiger partial charge in [0.25, 0.3) is 0 Å². The van der Waals surface area contributed by atoms with E-state index in [-0.39, 0.29) is 0 Å². The van der Waals surface area contributed by atoms with Crippen LogP contribution in [0.1, 0.15) is 17.9 Å². The predicted octanol–water partition coefficient (Wildman–Crippen LogP) is 1.01. The summed E-state index contributed by atoms with van der Waals surface area (Å²) < 4.78 is 0. The molecular formula is C12H14N2O2. The van der Waals surface area contributed by atoms with Crippen molar-refractivity contribution in [1.82, 2.24) is 5.32 Å². The molecule has 1 aromatic rings. The molecule has 4 heteroatoms. The van der Waals surface area contributed by atoms with Crippen LogP contribution in [0.5, 0.6) is 0 Å². The van der Waals surface area contributed by atoms with Crippen LogP contribution in [0.15, 0.2) is 24.3 Å². The van der Waals surface area contributed by atoms with E-state index in [4.69, 9.17) is 5.11 Å². The third kappa shape index (κ3) is 1.38. The molecule has 16 heavy (non-hydrogen) atoms. The Labute approximate surface area is 93.7 Å². The van der Waals surface area contributed by atoms with E-state index < -0.39 is 12.0 Å². The van der Waals surface area contributed by atoms with Gasteiger partial charge in [0.2, 0.25) is 0 Å². The van der Waals surface area contributed by atoms with Crippen LogP contribution in [0.25, 0.3) is 0 Å². The minimum Gasteiger partial charge on any atom is -0.480 e. The van der Waals surface area contributed by atoms with Gasteiger partial charge in [-0.1, -0.05) is 18.2 Å². The van der Waals surface area contributed by atoms with E-state index in [2.05, 4.69) is 22.8 Å². The molecule has 2 aliphatic heterocycles. The summed E-state index contributed by atoms with van der Waals surface area (Å²) in [4.78, 5) is 11.0. The summed E-state index contributed by atoms with van der Waals surface area (Å²) in [5, 5.41) is 15.5. The highest BCUT2D eigenvalue weighted by Crippen LogP contribution is 2.40. The largest absolute Gasteiger partial charge is 0.480 e. The normalized spacial score (nSPS) is 31.4. The van der Waals surface area contributed by atoms with Gasteiger partial charge in [-0.2, -0.15) is 0 Å². The molecule has 0 spiro atoms. The highest BCUT2D eigenvalue weighted by atomic mass is 16.4. The van der Waals surface area contributed by atoms with E-state index in [1.165, 1.54) is 5.56 Å². The van der Waals surface area contributed by atoms with Crippen molar-refractivity contribution < 1.29 is 9.90 Å². The van der Waals surface area contributed by atoms with Gasteiger partial charge in [0.1, 0.15) is 6.04 Å². The van der Waals surface area contributed by atoms with Gasteiger partial charge in [-0.3, -0.25) is 4.79 Å². The van der Waals surface area contributed by atoms with Gasteiger partial charge < -0.3 is 15.7 Å². The summed E-state index contributed by atoms with van der Waals surface area (Å²) in [6, 6.07) is 8.11. The summed E-state index contributed by atoms with van der Waals surface area (Å²) in [6.07, 6.45) is 0.671. The average Bonchev–Trinajstić information content (AvgIpc) is 2.66. The molecule has 0 amide bonds. The first-order chi connectivity index (χ1) is 7.75. The Hall–Kier alpha value is -1.55. The summed E-state index contributed by atoms with van der Waals surface area (Å²) in [6.45, 7) is 0.719. The zero-order chi connectivity index (χ0) is 11.1. The average molecular weight is 218 g/mol. The highest BCUT2D eigenvalue weighted by Gasteiger charge is 2.39. The van der Waals surface area contributed by atoms with Crippen LogP contribution < -0.4 is 10.6 Å². The lowest BCUT2D eigenvalue weighted by molar-refractivity contribution is -0.140. The van der Waals surface area contributed by atoms with Crippen LogP contribution in [-0.2, 0) is 4.79 Å². The molecule has 3 N–H and O–H groups in total. The molecule has 4 nitrogen and oxygen atoms in total. The van der Waals surface area contributed by atoms with Crippen LogP contribution in [0, 0.1) is 0 Å². The fourth-order valence-corrected chi connectivity index (χ4v) is 2.75. The molecule has 3 rings (SSSR count). The van der Waals surface area contributed by atoms with E-state index in [1.807, 2.05) is 12.1 Å². The van der Waals surface area contributed by atoms with Crippen molar-refractivity contribution in [2.45, 2.75) is 24.4 Å². The number of benzene rings is 1. The number of hydrogen-bond acceptors (Lipinski definition) is 3. The van der Waals surface area contributed by atoms with Gasteiger partial charge >= 0.3 is 5.97 Å². The number of nitrogens with one attached hydrogen (secondary N) is 2. The molecular weight excluding hydrogens is 204 g/mol. The Morgan fingerprint density at radius 1 is 1.38 bits per heavy atom. The highest BCUT2D eigenvalue weighted by molar-refractivity contribution is 5.74. The van der Waals surface area contributed by atoms with Gasteiger partial charge in [-0.05, 0) is 18.1 Å². The molecule has 0 unspecified atom stereocenters. The molecule has 0 aromatic heterocycles. The van der Waals surface area contributed by atoms with E-state index in [9.17, 15) is 4.79 Å². The molecule has 0 radical (unpaired) electrons. The topological polar surface area (TPSA) is 61.4 Å². The fourth-order valence-electron chi connectivity index (χ4n) is 2.75. The van der Waals surface area contributed by atoms with Crippen molar-refractivity contribution >= 4 is 11.7 Å². The monoisotopic (exact) mass is 218 g/mol. The van der Waals surface area contributed by atoms with Crippen LogP contribution in [0.2, 0.25) is 0 Å². The van der Waals surface area contributed by atoms with Crippen molar-refractivity contribution in [3.8, 4) is 0 Å². The van der Waals surface area contributed by atoms with Crippen molar-refractivity contribution in [3.63, 3.8) is 0 Å². The van der Waals surface area contributed by atoms with Crippen LogP contribution in [-0.4, -0.2) is 29.7 Å². The lowest BCUT2D eigenvalue weighted by atomic mass is 9.85. The summed E-state index contributed by atoms with van der Waals surface area (Å²) in [7, 11) is 0. The van der Waals surface area contributed by atoms with Crippen molar-refractivity contribution in [3.05, 3.63) is 29.8 Å². The van der Waals surface area contributed by atoms with Gasteiger partial charge in [0, 0.05) is 24.2 Å². The number of carbonyl (C=O) groups is 1. The number of carboxylic acids is 1. The molecule has 0 saturated carbocycles. The number of fused-ring (bicyclic) bond motifs is 3. The standard InChI is InChI=1S/C12H14N2O2/c15-12(16)10-5-8-7-3-1-2-4-9(7)14-11(8)6-13-10/h1-4,8,10-11,13-14H,5-6H2,(H,15,16)/t8-,10+,11-/m1/s1. The van der Waals surface area contributed by atoms with Gasteiger partial charge in [0.15, 0.2) is 0 Å². The number of rotatable bonds is 1. The Morgan fingerprint density at radius 3 is 3.00 bits per heavy atom. The lowest BCUT2D eigenvalue weighted by Crippen LogP contribution is -2.50. The summed E-state index contributed by atoms with van der Waals surface area (Å²) in [5.41, 5.74) is 2.42. The second-order valence-corrected chi connectivity index (χ2v) is 4.48. The molecule has 1 aromatic carbocycles. The minimum absolute atomic E-state index is 0.332. The Balaban J connectivity index is 1.89. The number of aliphatic carboxylic acids is 1. The molecule has 3 atom stereocenters. The maximum Gasteiger partial charge on any atom is 0.320 e. The molecule has 1 fully saturated rings. The number of carboxylic acid groups (broad SMARTS) is 1. The third-order valence-corrected chi connectivity index (χ3v) is 3.56. The smallest absolute Gasteiger partial charge is 0.320 e. The lowest BCUT2D eigenvalue weighted by Gasteiger charge is -2.30.